The molecular weight excluding hydrogens is 490 g/mol. The van der Waals surface area contributed by atoms with E-state index in [1.807, 2.05) is 12.3 Å². The van der Waals surface area contributed by atoms with Gasteiger partial charge in [0.05, 0.1) is 16.8 Å². The molecule has 0 aliphatic carbocycles. The third kappa shape index (κ3) is 5.35. The van der Waals surface area contributed by atoms with E-state index in [1.54, 1.807) is 36.0 Å². The highest BCUT2D eigenvalue weighted by Crippen LogP contribution is 2.47. The number of methoxy groups -OCH3 is 1. The maximum atomic E-state index is 12.8. The number of anilines is 1. The molecule has 0 bridgehead atoms. The van der Waals surface area contributed by atoms with Crippen LogP contribution in [0.4, 0.5) is 5.00 Å². The number of nitrogens with one attached hydrogen (secondary N) is 3. The van der Waals surface area contributed by atoms with Crippen molar-refractivity contribution in [2.75, 3.05) is 32.1 Å². The van der Waals surface area contributed by atoms with Crippen molar-refractivity contribution in [2.24, 2.45) is 0 Å². The Morgan fingerprint density at radius 2 is 2.08 bits per heavy atom. The summed E-state index contributed by atoms with van der Waals surface area (Å²) < 4.78 is 6.19. The summed E-state index contributed by atoms with van der Waals surface area (Å²) in [5.74, 6) is 0.00778. The second-order valence-electron chi connectivity index (χ2n) is 9.13. The van der Waals surface area contributed by atoms with Crippen LogP contribution >= 0.6 is 22.7 Å². The summed E-state index contributed by atoms with van der Waals surface area (Å²) in [7, 11) is 1.67. The highest BCUT2D eigenvalue weighted by molar-refractivity contribution is 7.23. The molecule has 0 radical (unpaired) electrons. The molecule has 1 aliphatic rings. The summed E-state index contributed by atoms with van der Waals surface area (Å²) in [5.41, 5.74) is 5.52. The zero-order valence-corrected chi connectivity index (χ0v) is 22.4. The van der Waals surface area contributed by atoms with Gasteiger partial charge in [-0.3, -0.25) is 9.78 Å². The normalized spacial score (nSPS) is 17.3. The average Bonchev–Trinajstić information content (AvgIpc) is 3.44. The van der Waals surface area contributed by atoms with Crippen LogP contribution in [0.15, 0.2) is 42.7 Å². The van der Waals surface area contributed by atoms with E-state index < -0.39 is 0 Å². The molecule has 0 unspecified atom stereocenters. The fourth-order valence-electron chi connectivity index (χ4n) is 4.65. The lowest BCUT2D eigenvalue weighted by atomic mass is 9.95. The lowest BCUT2D eigenvalue weighted by Gasteiger charge is -2.26. The number of benzene rings is 1. The van der Waals surface area contributed by atoms with Crippen molar-refractivity contribution < 1.29 is 9.53 Å². The predicted octanol–water partition coefficient (Wildman–Crippen LogP) is 5.25. The third-order valence-electron chi connectivity index (χ3n) is 6.34. The van der Waals surface area contributed by atoms with Gasteiger partial charge in [-0.25, -0.2) is 4.98 Å². The summed E-state index contributed by atoms with van der Waals surface area (Å²) in [5, 5.41) is 12.0. The van der Waals surface area contributed by atoms with E-state index in [0.29, 0.717) is 25.6 Å². The number of carbonyl (C=O) groups excluding carboxylic acids is 1. The van der Waals surface area contributed by atoms with Gasteiger partial charge in [0.25, 0.3) is 0 Å². The molecule has 1 amide bonds. The van der Waals surface area contributed by atoms with E-state index in [2.05, 4.69) is 59.0 Å². The van der Waals surface area contributed by atoms with Crippen LogP contribution in [0, 0.1) is 0 Å². The number of hydrogen-bond donors (Lipinski definition) is 3. The number of rotatable bonds is 9. The van der Waals surface area contributed by atoms with Crippen molar-refractivity contribution in [3.63, 3.8) is 0 Å². The van der Waals surface area contributed by atoms with Crippen LogP contribution in [-0.4, -0.2) is 48.7 Å². The van der Waals surface area contributed by atoms with Crippen LogP contribution in [-0.2, 0) is 16.0 Å². The van der Waals surface area contributed by atoms with Gasteiger partial charge >= 0.3 is 0 Å². The number of thiazole rings is 1. The van der Waals surface area contributed by atoms with Gasteiger partial charge in [-0.1, -0.05) is 12.1 Å². The Kier molecular flexibility index (Phi) is 7.73. The van der Waals surface area contributed by atoms with Crippen LogP contribution in [0.1, 0.15) is 36.8 Å². The van der Waals surface area contributed by atoms with Crippen LogP contribution in [0.3, 0.4) is 0 Å². The first-order valence-electron chi connectivity index (χ1n) is 12.3. The van der Waals surface area contributed by atoms with E-state index >= 15 is 0 Å². The molecule has 7 nitrogen and oxygen atoms in total. The van der Waals surface area contributed by atoms with Crippen LogP contribution in [0.5, 0.6) is 0 Å². The number of hydrogen-bond acceptors (Lipinski definition) is 8. The summed E-state index contributed by atoms with van der Waals surface area (Å²) in [6.45, 7) is 6.38. The molecule has 1 aromatic carbocycles. The van der Waals surface area contributed by atoms with Crippen molar-refractivity contribution >= 4 is 43.8 Å². The molecule has 0 saturated carbocycles. The first kappa shape index (κ1) is 25.0. The van der Waals surface area contributed by atoms with E-state index in [-0.39, 0.29) is 11.9 Å². The van der Waals surface area contributed by atoms with E-state index in [0.717, 1.165) is 49.9 Å². The number of aromatic nitrogens is 2. The highest BCUT2D eigenvalue weighted by atomic mass is 32.1. The fourth-order valence-corrected chi connectivity index (χ4v) is 7.00. The van der Waals surface area contributed by atoms with Gasteiger partial charge < -0.3 is 20.7 Å². The smallest absolute Gasteiger partial charge is 0.226 e. The minimum atomic E-state index is 0.00778. The molecule has 36 heavy (non-hydrogen) atoms. The zero-order chi connectivity index (χ0) is 25.1. The Bertz CT molecular complexity index is 1350. The van der Waals surface area contributed by atoms with E-state index in [4.69, 9.17) is 9.72 Å². The van der Waals surface area contributed by atoms with Crippen LogP contribution in [0.25, 0.3) is 31.9 Å². The zero-order valence-electron chi connectivity index (χ0n) is 20.8. The average molecular weight is 522 g/mol. The Balaban J connectivity index is 1.47. The molecule has 1 aliphatic heterocycles. The number of pyridine rings is 1. The van der Waals surface area contributed by atoms with Crippen LogP contribution < -0.4 is 16.0 Å². The first-order valence-corrected chi connectivity index (χ1v) is 13.9. The number of nitrogens with zero attached hydrogens (tertiary/aromatic N) is 2. The van der Waals surface area contributed by atoms with Gasteiger partial charge in [0.15, 0.2) is 0 Å². The molecule has 3 N–H and O–H groups in total. The Hall–Kier alpha value is -2.69. The number of carbonyl (C=O) groups is 1. The summed E-state index contributed by atoms with van der Waals surface area (Å²) in [6, 6.07) is 11.0. The largest absolute Gasteiger partial charge is 0.383 e. The van der Waals surface area contributed by atoms with Crippen molar-refractivity contribution in [1.82, 2.24) is 20.6 Å². The second-order valence-corrected chi connectivity index (χ2v) is 11.2. The minimum absolute atomic E-state index is 0.00778. The molecule has 0 saturated heterocycles. The van der Waals surface area contributed by atoms with Gasteiger partial charge in [-0.2, -0.15) is 0 Å². The summed E-state index contributed by atoms with van der Waals surface area (Å²) in [6.07, 6.45) is 4.98. The number of fused-ring (bicyclic) bond motifs is 2. The summed E-state index contributed by atoms with van der Waals surface area (Å²) >= 11 is 3.36. The van der Waals surface area contributed by atoms with Crippen molar-refractivity contribution in [2.45, 2.75) is 38.8 Å². The molecule has 9 heteroatoms. The molecular formula is C27H31N5O2S2. The monoisotopic (exact) mass is 521 g/mol. The minimum Gasteiger partial charge on any atom is -0.383 e. The van der Waals surface area contributed by atoms with Crippen LogP contribution in [0.2, 0.25) is 0 Å². The summed E-state index contributed by atoms with van der Waals surface area (Å²) in [4.78, 5) is 23.5. The molecule has 4 heterocycles. The van der Waals surface area contributed by atoms with E-state index in [9.17, 15) is 4.79 Å². The fraction of sp³-hybridized carbons (Fsp3) is 0.370. The molecule has 0 fully saturated rings. The highest BCUT2D eigenvalue weighted by Gasteiger charge is 2.30. The predicted molar refractivity (Wildman–Crippen MR) is 149 cm³/mol. The molecule has 3 aromatic heterocycles. The van der Waals surface area contributed by atoms with Gasteiger partial charge in [-0.05, 0) is 49.6 Å². The Morgan fingerprint density at radius 3 is 2.89 bits per heavy atom. The standard InChI is InChI=1S/C27H31N5O2S2/c1-16-13-20-24(26-31-21-14-18(6-7-22(21)35-26)19-5-4-9-29-15-19)27(36-25(20)17(2)30-16)32-23(33)8-10-28-11-12-34-3/h4-7,9,14-17,28,30H,8,10-13H2,1-3H3,(H,32,33)/t16-,17+/m0/s1. The topological polar surface area (TPSA) is 88.2 Å². The molecule has 4 aromatic rings. The van der Waals surface area contributed by atoms with Gasteiger partial charge in [-0.15, -0.1) is 22.7 Å². The maximum Gasteiger partial charge on any atom is 0.226 e. The quantitative estimate of drug-likeness (QED) is 0.261. The van der Waals surface area contributed by atoms with E-state index in [1.165, 1.54) is 10.4 Å². The number of ether oxygens (including phenoxy) is 1. The molecule has 0 spiro atoms. The number of amides is 1. The van der Waals surface area contributed by atoms with Crippen molar-refractivity contribution in [3.8, 4) is 21.7 Å². The van der Waals surface area contributed by atoms with Gasteiger partial charge in [0, 0.05) is 67.1 Å². The number of thiophene rings is 1. The SMILES string of the molecule is COCCNCCC(=O)Nc1sc2c(c1-c1nc3cc(-c4cccnc4)ccc3s1)C[C@H](C)N[C@@H]2C. The second kappa shape index (κ2) is 11.1. The van der Waals surface area contributed by atoms with Gasteiger partial charge in [0.1, 0.15) is 10.0 Å². The molecule has 2 atom stereocenters. The first-order chi connectivity index (χ1) is 17.5. The van der Waals surface area contributed by atoms with Gasteiger partial charge in [0.2, 0.25) is 5.91 Å². The Morgan fingerprint density at radius 1 is 1.19 bits per heavy atom. The maximum absolute atomic E-state index is 12.8. The molecule has 188 valence electrons. The Labute approximate surface area is 219 Å². The lowest BCUT2D eigenvalue weighted by molar-refractivity contribution is -0.116. The lowest BCUT2D eigenvalue weighted by Crippen LogP contribution is -2.35. The van der Waals surface area contributed by atoms with Crippen molar-refractivity contribution in [3.05, 3.63) is 53.2 Å². The molecule has 5 rings (SSSR count). The van der Waals surface area contributed by atoms with Crippen molar-refractivity contribution in [1.29, 1.82) is 0 Å². The third-order valence-corrected chi connectivity index (χ3v) is 8.72.